The predicted molar refractivity (Wildman–Crippen MR) is 29.8 cm³/mol. The molecule has 8 heavy (non-hydrogen) atoms. The minimum Gasteiger partial charge on any atom is -0.316 e. The highest BCUT2D eigenvalue weighted by Crippen LogP contribution is 2.02. The zero-order chi connectivity index (χ0) is 5.98. The normalized spacial score (nSPS) is 29.8. The molecule has 0 aromatic heterocycles. The van der Waals surface area contributed by atoms with E-state index in [0.717, 1.165) is 0 Å². The third-order valence-electron chi connectivity index (χ3n) is 1.13. The molecule has 3 heteroatoms. The molecule has 1 aliphatic heterocycles. The largest absolute Gasteiger partial charge is 0.316 e. The number of nitrogens with one attached hydrogen (secondary N) is 1. The maximum Gasteiger partial charge on any atom is 0.110 e. The van der Waals surface area contributed by atoms with Crippen molar-refractivity contribution in [1.29, 1.82) is 0 Å². The number of rotatable bonds is 0. The molecular weight excluding hydrogens is 107 g/mol. The van der Waals surface area contributed by atoms with Gasteiger partial charge in [-0.25, -0.2) is 4.39 Å². The van der Waals surface area contributed by atoms with E-state index in [1.165, 1.54) is 6.08 Å². The van der Waals surface area contributed by atoms with Gasteiger partial charge in [-0.05, 0) is 12.5 Å². The van der Waals surface area contributed by atoms with Crippen molar-refractivity contribution in [2.75, 3.05) is 6.54 Å². The van der Waals surface area contributed by atoms with Crippen molar-refractivity contribution in [3.8, 4) is 0 Å². The van der Waals surface area contributed by atoms with Crippen LogP contribution in [0.15, 0.2) is 11.9 Å². The zero-order valence-electron chi connectivity index (χ0n) is 4.52. The molecule has 0 spiro atoms. The summed E-state index contributed by atoms with van der Waals surface area (Å²) in [4.78, 5) is 0. The molecule has 1 heterocycles. The first-order chi connectivity index (χ1) is 3.79. The van der Waals surface area contributed by atoms with E-state index < -0.39 is 0 Å². The summed E-state index contributed by atoms with van der Waals surface area (Å²) in [5, 5.41) is 2.77. The van der Waals surface area contributed by atoms with Crippen LogP contribution in [0.4, 0.5) is 4.39 Å². The quantitative estimate of drug-likeness (QED) is 0.471. The Morgan fingerprint density at radius 3 is 3.00 bits per heavy atom. The lowest BCUT2D eigenvalue weighted by Gasteiger charge is -2.14. The van der Waals surface area contributed by atoms with Gasteiger partial charge >= 0.3 is 0 Å². The first-order valence-electron chi connectivity index (χ1n) is 2.62. The predicted octanol–water partition coefficient (Wildman–Crippen LogP) is 0.118. The van der Waals surface area contributed by atoms with E-state index in [9.17, 15) is 4.39 Å². The van der Waals surface area contributed by atoms with Crippen molar-refractivity contribution in [2.45, 2.75) is 12.6 Å². The summed E-state index contributed by atoms with van der Waals surface area (Å²) in [6, 6.07) is 0. The Morgan fingerprint density at radius 1 is 1.88 bits per heavy atom. The van der Waals surface area contributed by atoms with E-state index in [1.807, 2.05) is 0 Å². The van der Waals surface area contributed by atoms with Crippen molar-refractivity contribution >= 4 is 0 Å². The van der Waals surface area contributed by atoms with Crippen molar-refractivity contribution in [3.63, 3.8) is 0 Å². The molecule has 46 valence electrons. The van der Waals surface area contributed by atoms with Crippen molar-refractivity contribution in [3.05, 3.63) is 11.9 Å². The fourth-order valence-electron chi connectivity index (χ4n) is 0.639. The Hall–Kier alpha value is -0.410. The van der Waals surface area contributed by atoms with E-state index >= 15 is 0 Å². The standard InChI is InChI=1S/C5H9FN2/c6-4-1-2-5(7)8-3-4/h1,5,8H,2-3,7H2. The second-order valence-corrected chi connectivity index (χ2v) is 1.87. The first-order valence-corrected chi connectivity index (χ1v) is 2.62. The summed E-state index contributed by atoms with van der Waals surface area (Å²) in [6.07, 6.45) is 2.07. The molecule has 1 rings (SSSR count). The summed E-state index contributed by atoms with van der Waals surface area (Å²) >= 11 is 0. The monoisotopic (exact) mass is 116 g/mol. The molecule has 0 amide bonds. The van der Waals surface area contributed by atoms with E-state index in [1.54, 1.807) is 0 Å². The maximum atomic E-state index is 12.1. The van der Waals surface area contributed by atoms with Crippen LogP contribution < -0.4 is 11.1 Å². The highest BCUT2D eigenvalue weighted by atomic mass is 19.1. The average Bonchev–Trinajstić information content (AvgIpc) is 1.77. The van der Waals surface area contributed by atoms with Gasteiger partial charge in [-0.15, -0.1) is 0 Å². The maximum absolute atomic E-state index is 12.1. The van der Waals surface area contributed by atoms with Gasteiger partial charge in [0.15, 0.2) is 0 Å². The molecule has 1 atom stereocenters. The van der Waals surface area contributed by atoms with Crippen molar-refractivity contribution < 1.29 is 4.39 Å². The molecule has 0 fully saturated rings. The first kappa shape index (κ1) is 5.72. The van der Waals surface area contributed by atoms with Crippen LogP contribution in [0.5, 0.6) is 0 Å². The summed E-state index contributed by atoms with van der Waals surface area (Å²) in [7, 11) is 0. The Labute approximate surface area is 47.6 Å². The molecular formula is C5H9FN2. The highest BCUT2D eigenvalue weighted by Gasteiger charge is 2.06. The van der Waals surface area contributed by atoms with Gasteiger partial charge in [0, 0.05) is 6.54 Å². The minimum absolute atomic E-state index is 0.0468. The second kappa shape index (κ2) is 2.24. The lowest BCUT2D eigenvalue weighted by atomic mass is 10.2. The number of hydrogen-bond acceptors (Lipinski definition) is 2. The van der Waals surface area contributed by atoms with Gasteiger partial charge in [0.2, 0.25) is 0 Å². The fourth-order valence-corrected chi connectivity index (χ4v) is 0.639. The van der Waals surface area contributed by atoms with Crippen LogP contribution >= 0.6 is 0 Å². The third-order valence-corrected chi connectivity index (χ3v) is 1.13. The van der Waals surface area contributed by atoms with Crippen LogP contribution in [0.3, 0.4) is 0 Å². The summed E-state index contributed by atoms with van der Waals surface area (Å²) < 4.78 is 12.1. The number of hydrogen-bond donors (Lipinski definition) is 2. The lowest BCUT2D eigenvalue weighted by molar-refractivity contribution is 0.469. The molecule has 0 aliphatic carbocycles. The number of halogens is 1. The number of nitrogens with two attached hydrogens (primary N) is 1. The van der Waals surface area contributed by atoms with Gasteiger partial charge in [-0.1, -0.05) is 0 Å². The van der Waals surface area contributed by atoms with Gasteiger partial charge < -0.3 is 5.73 Å². The van der Waals surface area contributed by atoms with Gasteiger partial charge in [-0.2, -0.15) is 0 Å². The van der Waals surface area contributed by atoms with E-state index in [4.69, 9.17) is 5.73 Å². The molecule has 3 N–H and O–H groups in total. The van der Waals surface area contributed by atoms with Crippen LogP contribution in [0.25, 0.3) is 0 Å². The van der Waals surface area contributed by atoms with Crippen molar-refractivity contribution in [1.82, 2.24) is 5.32 Å². The Kier molecular flexibility index (Phi) is 1.60. The molecule has 1 aliphatic rings. The molecule has 1 unspecified atom stereocenters. The summed E-state index contributed by atoms with van der Waals surface area (Å²) in [5.41, 5.74) is 5.37. The Bertz CT molecular complexity index is 111. The van der Waals surface area contributed by atoms with E-state index in [0.29, 0.717) is 13.0 Å². The Balaban J connectivity index is 2.42. The average molecular weight is 116 g/mol. The lowest BCUT2D eigenvalue weighted by Crippen LogP contribution is -2.39. The summed E-state index contributed by atoms with van der Waals surface area (Å²) in [5.74, 6) is -0.105. The smallest absolute Gasteiger partial charge is 0.110 e. The topological polar surface area (TPSA) is 38.0 Å². The molecule has 0 aromatic rings. The van der Waals surface area contributed by atoms with E-state index in [-0.39, 0.29) is 12.0 Å². The summed E-state index contributed by atoms with van der Waals surface area (Å²) in [6.45, 7) is 0.293. The second-order valence-electron chi connectivity index (χ2n) is 1.87. The SMILES string of the molecule is NC1CC=C(F)CN1. The third kappa shape index (κ3) is 1.28. The van der Waals surface area contributed by atoms with Crippen LogP contribution in [-0.4, -0.2) is 12.7 Å². The van der Waals surface area contributed by atoms with Crippen LogP contribution in [-0.2, 0) is 0 Å². The fraction of sp³-hybridized carbons (Fsp3) is 0.600. The molecule has 0 saturated heterocycles. The Morgan fingerprint density at radius 2 is 2.62 bits per heavy atom. The van der Waals surface area contributed by atoms with Crippen LogP contribution in [0.1, 0.15) is 6.42 Å². The van der Waals surface area contributed by atoms with Crippen LogP contribution in [0, 0.1) is 0 Å². The molecule has 2 nitrogen and oxygen atoms in total. The highest BCUT2D eigenvalue weighted by molar-refractivity contribution is 4.99. The van der Waals surface area contributed by atoms with Gasteiger partial charge in [0.25, 0.3) is 0 Å². The van der Waals surface area contributed by atoms with Gasteiger partial charge in [-0.3, -0.25) is 5.32 Å². The molecule has 0 saturated carbocycles. The van der Waals surface area contributed by atoms with Crippen molar-refractivity contribution in [2.24, 2.45) is 5.73 Å². The van der Waals surface area contributed by atoms with E-state index in [2.05, 4.69) is 5.32 Å². The molecule has 0 radical (unpaired) electrons. The van der Waals surface area contributed by atoms with Gasteiger partial charge in [0.1, 0.15) is 5.83 Å². The zero-order valence-corrected chi connectivity index (χ0v) is 4.52. The molecule has 0 bridgehead atoms. The van der Waals surface area contributed by atoms with Gasteiger partial charge in [0.05, 0.1) is 6.17 Å². The minimum atomic E-state index is -0.105. The molecule has 0 aromatic carbocycles. The van der Waals surface area contributed by atoms with Crippen LogP contribution in [0.2, 0.25) is 0 Å².